The lowest BCUT2D eigenvalue weighted by Gasteiger charge is -2.17. The van der Waals surface area contributed by atoms with Crippen LogP contribution in [0.15, 0.2) is 30.5 Å². The summed E-state index contributed by atoms with van der Waals surface area (Å²) in [4.78, 5) is 41.7. The molecular formula is C24H26F2N2O3. The van der Waals surface area contributed by atoms with Crippen LogP contribution in [-0.4, -0.2) is 29.0 Å². The normalized spacial score (nSPS) is 19.0. The first-order valence-corrected chi connectivity index (χ1v) is 10.3. The number of Topliss-reactive ketones (excluding diaryl/α,β-unsaturated/α-hetero) is 2. The number of benzene rings is 1. The first kappa shape index (κ1) is 22.7. The number of halogens is 2. The fourth-order valence-corrected chi connectivity index (χ4v) is 4.44. The van der Waals surface area contributed by atoms with Crippen molar-refractivity contribution in [2.24, 2.45) is 5.92 Å². The standard InChI is InChI=1S/C24H26F2N2O3/c1-13-10-14(2)19(15(3)11-13)20-18(29)12-16(21(20)30)7-9-28-23(31)17-6-5-8-27-22(17)24(4,25)26/h5-6,8,10-11,16,20H,7,9,12H2,1-4H3,(H,28,31). The second-order valence-electron chi connectivity index (χ2n) is 8.35. The fourth-order valence-electron chi connectivity index (χ4n) is 4.44. The third-order valence-electron chi connectivity index (χ3n) is 5.73. The van der Waals surface area contributed by atoms with Crippen molar-refractivity contribution < 1.29 is 23.2 Å². The smallest absolute Gasteiger partial charge is 0.287 e. The van der Waals surface area contributed by atoms with Crippen molar-refractivity contribution in [1.82, 2.24) is 10.3 Å². The topological polar surface area (TPSA) is 76.1 Å². The van der Waals surface area contributed by atoms with Crippen molar-refractivity contribution in [2.75, 3.05) is 6.54 Å². The van der Waals surface area contributed by atoms with E-state index in [-0.39, 0.29) is 36.5 Å². The van der Waals surface area contributed by atoms with Gasteiger partial charge in [-0.3, -0.25) is 19.4 Å². The third-order valence-corrected chi connectivity index (χ3v) is 5.73. The van der Waals surface area contributed by atoms with Gasteiger partial charge in [-0.25, -0.2) is 0 Å². The van der Waals surface area contributed by atoms with E-state index in [0.29, 0.717) is 6.92 Å². The van der Waals surface area contributed by atoms with Gasteiger partial charge in [0.2, 0.25) is 0 Å². The zero-order valence-electron chi connectivity index (χ0n) is 18.1. The summed E-state index contributed by atoms with van der Waals surface area (Å²) in [7, 11) is 0. The summed E-state index contributed by atoms with van der Waals surface area (Å²) in [5, 5.41) is 2.58. The number of aryl methyl sites for hydroxylation is 3. The molecule has 0 aliphatic heterocycles. The van der Waals surface area contributed by atoms with E-state index in [9.17, 15) is 23.2 Å². The number of aromatic nitrogens is 1. The Morgan fingerprint density at radius 3 is 2.45 bits per heavy atom. The second-order valence-corrected chi connectivity index (χ2v) is 8.35. The lowest BCUT2D eigenvalue weighted by atomic mass is 9.86. The quantitative estimate of drug-likeness (QED) is 0.701. The van der Waals surface area contributed by atoms with Crippen molar-refractivity contribution >= 4 is 17.5 Å². The van der Waals surface area contributed by atoms with Crippen molar-refractivity contribution in [2.45, 2.75) is 52.4 Å². The molecule has 1 aromatic carbocycles. The van der Waals surface area contributed by atoms with Gasteiger partial charge in [-0.1, -0.05) is 17.7 Å². The summed E-state index contributed by atoms with van der Waals surface area (Å²) in [5.41, 5.74) is 2.89. The van der Waals surface area contributed by atoms with Gasteiger partial charge in [0.05, 0.1) is 5.56 Å². The Morgan fingerprint density at radius 2 is 1.84 bits per heavy atom. The van der Waals surface area contributed by atoms with Crippen LogP contribution in [0.5, 0.6) is 0 Å². The number of ketones is 2. The molecule has 0 spiro atoms. The molecule has 1 fully saturated rings. The number of carbonyl (C=O) groups excluding carboxylic acids is 3. The van der Waals surface area contributed by atoms with Crippen LogP contribution in [0, 0.1) is 26.7 Å². The highest BCUT2D eigenvalue weighted by molar-refractivity contribution is 6.15. The highest BCUT2D eigenvalue weighted by Crippen LogP contribution is 2.37. The van der Waals surface area contributed by atoms with Gasteiger partial charge >= 0.3 is 0 Å². The maximum absolute atomic E-state index is 13.7. The first-order chi connectivity index (χ1) is 14.5. The van der Waals surface area contributed by atoms with Gasteiger partial charge in [-0.2, -0.15) is 8.78 Å². The Balaban J connectivity index is 1.68. The van der Waals surface area contributed by atoms with Gasteiger partial charge in [-0.05, 0) is 56.0 Å². The lowest BCUT2D eigenvalue weighted by molar-refractivity contribution is -0.124. The van der Waals surface area contributed by atoms with Crippen LogP contribution in [0.3, 0.4) is 0 Å². The maximum Gasteiger partial charge on any atom is 0.287 e. The summed E-state index contributed by atoms with van der Waals surface area (Å²) in [5.74, 6) is -5.46. The molecule has 1 heterocycles. The summed E-state index contributed by atoms with van der Waals surface area (Å²) in [6, 6.07) is 6.63. The van der Waals surface area contributed by atoms with Gasteiger partial charge in [0.15, 0.2) is 5.78 Å². The van der Waals surface area contributed by atoms with E-state index in [1.165, 1.54) is 18.3 Å². The summed E-state index contributed by atoms with van der Waals surface area (Å²) in [6.45, 7) is 6.56. The highest BCUT2D eigenvalue weighted by Gasteiger charge is 2.42. The summed E-state index contributed by atoms with van der Waals surface area (Å²) >= 11 is 0. The molecule has 31 heavy (non-hydrogen) atoms. The minimum Gasteiger partial charge on any atom is -0.352 e. The van der Waals surface area contributed by atoms with Crippen molar-refractivity contribution in [3.8, 4) is 0 Å². The molecule has 1 amide bonds. The van der Waals surface area contributed by atoms with E-state index in [2.05, 4.69) is 10.3 Å². The number of nitrogens with zero attached hydrogens (tertiary/aromatic N) is 1. The monoisotopic (exact) mass is 428 g/mol. The molecule has 1 N–H and O–H groups in total. The zero-order chi connectivity index (χ0) is 22.9. The number of alkyl halides is 2. The van der Waals surface area contributed by atoms with E-state index in [4.69, 9.17) is 0 Å². The van der Waals surface area contributed by atoms with E-state index in [1.54, 1.807) is 0 Å². The Bertz CT molecular complexity index is 1020. The summed E-state index contributed by atoms with van der Waals surface area (Å²) < 4.78 is 27.4. The van der Waals surface area contributed by atoms with Gasteiger partial charge in [0.25, 0.3) is 11.8 Å². The molecule has 0 radical (unpaired) electrons. The SMILES string of the molecule is Cc1cc(C)c(C2C(=O)CC(CCNC(=O)c3cccnc3C(C)(F)F)C2=O)c(C)c1. The minimum atomic E-state index is -3.25. The number of pyridine rings is 1. The van der Waals surface area contributed by atoms with Crippen LogP contribution in [0.1, 0.15) is 64.0 Å². The molecule has 3 rings (SSSR count). The number of amides is 1. The highest BCUT2D eigenvalue weighted by atomic mass is 19.3. The molecule has 1 saturated carbocycles. The largest absolute Gasteiger partial charge is 0.352 e. The van der Waals surface area contributed by atoms with Gasteiger partial charge in [0.1, 0.15) is 17.4 Å². The Hall–Kier alpha value is -2.96. The minimum absolute atomic E-state index is 0.102. The molecule has 2 atom stereocenters. The van der Waals surface area contributed by atoms with Crippen LogP contribution < -0.4 is 5.32 Å². The van der Waals surface area contributed by atoms with Crippen LogP contribution in [0.4, 0.5) is 8.78 Å². The number of hydrogen-bond acceptors (Lipinski definition) is 4. The van der Waals surface area contributed by atoms with Gasteiger partial charge in [0, 0.05) is 32.0 Å². The average molecular weight is 428 g/mol. The van der Waals surface area contributed by atoms with Crippen LogP contribution in [-0.2, 0) is 15.5 Å². The van der Waals surface area contributed by atoms with Crippen LogP contribution in [0.2, 0.25) is 0 Å². The maximum atomic E-state index is 13.7. The Morgan fingerprint density at radius 1 is 1.19 bits per heavy atom. The fraction of sp³-hybridized carbons (Fsp3) is 0.417. The lowest BCUT2D eigenvalue weighted by Crippen LogP contribution is -2.29. The van der Waals surface area contributed by atoms with Crippen LogP contribution in [0.25, 0.3) is 0 Å². The second kappa shape index (κ2) is 8.65. The molecule has 1 aromatic heterocycles. The van der Waals surface area contributed by atoms with Gasteiger partial charge < -0.3 is 5.32 Å². The van der Waals surface area contributed by atoms with E-state index in [1.807, 2.05) is 32.9 Å². The molecule has 1 aliphatic rings. The van der Waals surface area contributed by atoms with E-state index < -0.39 is 29.4 Å². The van der Waals surface area contributed by atoms with E-state index in [0.717, 1.165) is 22.3 Å². The van der Waals surface area contributed by atoms with Crippen LogP contribution >= 0.6 is 0 Å². The molecular weight excluding hydrogens is 402 g/mol. The number of carbonyl (C=O) groups is 3. The molecule has 7 heteroatoms. The summed E-state index contributed by atoms with van der Waals surface area (Å²) in [6.07, 6.45) is 1.60. The molecule has 164 valence electrons. The zero-order valence-corrected chi connectivity index (χ0v) is 18.1. The predicted molar refractivity (Wildman–Crippen MR) is 112 cm³/mol. The first-order valence-electron chi connectivity index (χ1n) is 10.3. The van der Waals surface area contributed by atoms with E-state index >= 15 is 0 Å². The van der Waals surface area contributed by atoms with Gasteiger partial charge in [-0.15, -0.1) is 0 Å². The number of hydrogen-bond donors (Lipinski definition) is 1. The molecule has 5 nitrogen and oxygen atoms in total. The molecule has 0 saturated heterocycles. The molecule has 0 bridgehead atoms. The van der Waals surface area contributed by atoms with Crippen molar-refractivity contribution in [3.63, 3.8) is 0 Å². The Labute approximate surface area is 180 Å². The predicted octanol–water partition coefficient (Wildman–Crippen LogP) is 4.18. The molecule has 1 aliphatic carbocycles. The average Bonchev–Trinajstić information content (AvgIpc) is 2.94. The molecule has 2 unspecified atom stereocenters. The van der Waals surface area contributed by atoms with Crippen molar-refractivity contribution in [3.05, 3.63) is 64.0 Å². The Kier molecular flexibility index (Phi) is 6.34. The number of rotatable bonds is 6. The number of nitrogens with one attached hydrogen (secondary N) is 1. The molecule has 2 aromatic rings. The third kappa shape index (κ3) is 4.70. The van der Waals surface area contributed by atoms with Crippen molar-refractivity contribution in [1.29, 1.82) is 0 Å².